The molecule has 0 atom stereocenters. The SMILES string of the molecule is CCN(CC1CCNCC1)C(=O)c1ccc(F)c(F)c1. The van der Waals surface area contributed by atoms with E-state index < -0.39 is 11.6 Å². The minimum absolute atomic E-state index is 0.208. The molecule has 1 aromatic rings. The largest absolute Gasteiger partial charge is 0.339 e. The van der Waals surface area contributed by atoms with Gasteiger partial charge in [-0.05, 0) is 57.0 Å². The number of halogens is 2. The first kappa shape index (κ1) is 14.9. The number of piperidine rings is 1. The van der Waals surface area contributed by atoms with Gasteiger partial charge in [0.1, 0.15) is 0 Å². The number of hydrogen-bond acceptors (Lipinski definition) is 2. The molecule has 0 bridgehead atoms. The third kappa shape index (κ3) is 3.54. The summed E-state index contributed by atoms with van der Waals surface area (Å²) < 4.78 is 26.1. The maximum atomic E-state index is 13.2. The van der Waals surface area contributed by atoms with Gasteiger partial charge in [-0.2, -0.15) is 0 Å². The Morgan fingerprint density at radius 3 is 2.60 bits per heavy atom. The van der Waals surface area contributed by atoms with Gasteiger partial charge in [-0.1, -0.05) is 0 Å². The molecule has 1 fully saturated rings. The molecule has 1 saturated heterocycles. The van der Waals surface area contributed by atoms with E-state index in [4.69, 9.17) is 0 Å². The quantitative estimate of drug-likeness (QED) is 0.920. The summed E-state index contributed by atoms with van der Waals surface area (Å²) in [6.07, 6.45) is 2.09. The summed E-state index contributed by atoms with van der Waals surface area (Å²) >= 11 is 0. The van der Waals surface area contributed by atoms with Gasteiger partial charge in [-0.3, -0.25) is 4.79 Å². The van der Waals surface area contributed by atoms with E-state index in [1.165, 1.54) is 6.07 Å². The fourth-order valence-corrected chi connectivity index (χ4v) is 2.54. The van der Waals surface area contributed by atoms with Crippen LogP contribution in [0.25, 0.3) is 0 Å². The van der Waals surface area contributed by atoms with Gasteiger partial charge in [0.25, 0.3) is 5.91 Å². The predicted molar refractivity (Wildman–Crippen MR) is 73.5 cm³/mol. The lowest BCUT2D eigenvalue weighted by Crippen LogP contribution is -2.39. The maximum Gasteiger partial charge on any atom is 0.253 e. The average molecular weight is 282 g/mol. The van der Waals surface area contributed by atoms with Crippen molar-refractivity contribution in [1.82, 2.24) is 10.2 Å². The highest BCUT2D eigenvalue weighted by Gasteiger charge is 2.21. The van der Waals surface area contributed by atoms with Crippen molar-refractivity contribution in [2.75, 3.05) is 26.2 Å². The molecular formula is C15H20F2N2O. The predicted octanol–water partition coefficient (Wildman–Crippen LogP) is 2.43. The van der Waals surface area contributed by atoms with Crippen molar-refractivity contribution in [3.63, 3.8) is 0 Å². The monoisotopic (exact) mass is 282 g/mol. The van der Waals surface area contributed by atoms with Gasteiger partial charge in [0.15, 0.2) is 11.6 Å². The summed E-state index contributed by atoms with van der Waals surface area (Å²) in [5, 5.41) is 3.29. The Hall–Kier alpha value is -1.49. The Bertz CT molecular complexity index is 473. The zero-order valence-electron chi connectivity index (χ0n) is 11.7. The zero-order chi connectivity index (χ0) is 14.5. The standard InChI is InChI=1S/C15H20F2N2O/c1-2-19(10-11-5-7-18-8-6-11)15(20)12-3-4-13(16)14(17)9-12/h3-4,9,11,18H,2,5-8,10H2,1H3. The Balaban J connectivity index is 2.05. The molecular weight excluding hydrogens is 262 g/mol. The first-order chi connectivity index (χ1) is 9.61. The Morgan fingerprint density at radius 2 is 2.00 bits per heavy atom. The smallest absolute Gasteiger partial charge is 0.253 e. The van der Waals surface area contributed by atoms with Crippen LogP contribution in [0.3, 0.4) is 0 Å². The van der Waals surface area contributed by atoms with Crippen molar-refractivity contribution in [3.8, 4) is 0 Å². The van der Waals surface area contributed by atoms with E-state index in [0.29, 0.717) is 19.0 Å². The number of hydrogen-bond donors (Lipinski definition) is 1. The fraction of sp³-hybridized carbons (Fsp3) is 0.533. The second kappa shape index (κ2) is 6.79. The average Bonchev–Trinajstić information content (AvgIpc) is 2.48. The molecule has 0 aromatic heterocycles. The van der Waals surface area contributed by atoms with Crippen LogP contribution < -0.4 is 5.32 Å². The van der Waals surface area contributed by atoms with Crippen LogP contribution in [0.15, 0.2) is 18.2 Å². The van der Waals surface area contributed by atoms with Crippen LogP contribution in [0.4, 0.5) is 8.78 Å². The van der Waals surface area contributed by atoms with E-state index in [0.717, 1.165) is 38.1 Å². The molecule has 1 aliphatic heterocycles. The minimum Gasteiger partial charge on any atom is -0.339 e. The number of carbonyl (C=O) groups is 1. The summed E-state index contributed by atoms with van der Waals surface area (Å²) in [5.41, 5.74) is 0.208. The van der Waals surface area contributed by atoms with Gasteiger partial charge in [-0.25, -0.2) is 8.78 Å². The fourth-order valence-electron chi connectivity index (χ4n) is 2.54. The molecule has 0 unspecified atom stereocenters. The van der Waals surface area contributed by atoms with Gasteiger partial charge in [-0.15, -0.1) is 0 Å². The lowest BCUT2D eigenvalue weighted by molar-refractivity contribution is 0.0726. The number of amides is 1. The summed E-state index contributed by atoms with van der Waals surface area (Å²) in [7, 11) is 0. The van der Waals surface area contributed by atoms with Crippen LogP contribution in [0.1, 0.15) is 30.1 Å². The van der Waals surface area contributed by atoms with Gasteiger partial charge >= 0.3 is 0 Å². The van der Waals surface area contributed by atoms with E-state index in [2.05, 4.69) is 5.32 Å². The third-order valence-corrected chi connectivity index (χ3v) is 3.77. The summed E-state index contributed by atoms with van der Waals surface area (Å²) in [6.45, 7) is 5.10. The molecule has 1 amide bonds. The van der Waals surface area contributed by atoms with E-state index >= 15 is 0 Å². The van der Waals surface area contributed by atoms with Gasteiger partial charge < -0.3 is 10.2 Å². The molecule has 0 aliphatic carbocycles. The molecule has 0 radical (unpaired) electrons. The first-order valence-corrected chi connectivity index (χ1v) is 7.07. The van der Waals surface area contributed by atoms with Crippen LogP contribution in [0.5, 0.6) is 0 Å². The number of carbonyl (C=O) groups excluding carboxylic acids is 1. The van der Waals surface area contributed by atoms with Crippen LogP contribution >= 0.6 is 0 Å². The molecule has 2 rings (SSSR count). The second-order valence-electron chi connectivity index (χ2n) is 5.17. The molecule has 0 saturated carbocycles. The Kier molecular flexibility index (Phi) is 5.06. The highest BCUT2D eigenvalue weighted by Crippen LogP contribution is 2.16. The molecule has 5 heteroatoms. The molecule has 20 heavy (non-hydrogen) atoms. The van der Waals surface area contributed by atoms with Crippen molar-refractivity contribution in [2.24, 2.45) is 5.92 Å². The molecule has 0 spiro atoms. The molecule has 1 aliphatic rings. The highest BCUT2D eigenvalue weighted by molar-refractivity contribution is 5.94. The van der Waals surface area contributed by atoms with E-state index in [9.17, 15) is 13.6 Å². The van der Waals surface area contributed by atoms with Crippen LogP contribution in [0.2, 0.25) is 0 Å². The topological polar surface area (TPSA) is 32.3 Å². The molecule has 1 aromatic carbocycles. The maximum absolute atomic E-state index is 13.2. The molecule has 110 valence electrons. The number of rotatable bonds is 4. The summed E-state index contributed by atoms with van der Waals surface area (Å²) in [4.78, 5) is 14.0. The molecule has 3 nitrogen and oxygen atoms in total. The van der Waals surface area contributed by atoms with E-state index in [-0.39, 0.29) is 11.5 Å². The summed E-state index contributed by atoms with van der Waals surface area (Å²) in [6, 6.07) is 3.32. The van der Waals surface area contributed by atoms with Crippen molar-refractivity contribution >= 4 is 5.91 Å². The second-order valence-corrected chi connectivity index (χ2v) is 5.17. The lowest BCUT2D eigenvalue weighted by atomic mass is 9.97. The number of nitrogens with one attached hydrogen (secondary N) is 1. The first-order valence-electron chi connectivity index (χ1n) is 7.07. The van der Waals surface area contributed by atoms with Gasteiger partial charge in [0, 0.05) is 18.7 Å². The third-order valence-electron chi connectivity index (χ3n) is 3.77. The Morgan fingerprint density at radius 1 is 1.30 bits per heavy atom. The number of nitrogens with zero attached hydrogens (tertiary/aromatic N) is 1. The van der Waals surface area contributed by atoms with Crippen molar-refractivity contribution in [1.29, 1.82) is 0 Å². The van der Waals surface area contributed by atoms with Crippen LogP contribution in [-0.2, 0) is 0 Å². The number of benzene rings is 1. The molecule has 1 heterocycles. The van der Waals surface area contributed by atoms with E-state index in [1.54, 1.807) is 4.90 Å². The van der Waals surface area contributed by atoms with Crippen molar-refractivity contribution < 1.29 is 13.6 Å². The summed E-state index contributed by atoms with van der Waals surface area (Å²) in [5.74, 6) is -1.66. The molecule has 1 N–H and O–H groups in total. The van der Waals surface area contributed by atoms with Gasteiger partial charge in [0.2, 0.25) is 0 Å². The van der Waals surface area contributed by atoms with Crippen LogP contribution in [-0.4, -0.2) is 37.0 Å². The van der Waals surface area contributed by atoms with Crippen LogP contribution in [0, 0.1) is 17.6 Å². The zero-order valence-corrected chi connectivity index (χ0v) is 11.7. The van der Waals surface area contributed by atoms with Crippen molar-refractivity contribution in [3.05, 3.63) is 35.4 Å². The lowest BCUT2D eigenvalue weighted by Gasteiger charge is -2.29. The Labute approximate surface area is 118 Å². The van der Waals surface area contributed by atoms with Gasteiger partial charge in [0.05, 0.1) is 0 Å². The highest BCUT2D eigenvalue weighted by atomic mass is 19.2. The minimum atomic E-state index is -0.978. The van der Waals surface area contributed by atoms with Crippen molar-refractivity contribution in [2.45, 2.75) is 19.8 Å². The van der Waals surface area contributed by atoms with E-state index in [1.807, 2.05) is 6.92 Å². The normalized spacial score (nSPS) is 16.1.